The van der Waals surface area contributed by atoms with E-state index in [4.69, 9.17) is 4.55 Å². The maximum atomic E-state index is 12.5. The molecule has 0 radical (unpaired) electrons. The zero-order valence-electron chi connectivity index (χ0n) is 10.0. The number of nitrogens with zero attached hydrogens (tertiary/aromatic N) is 2. The third-order valence-electron chi connectivity index (χ3n) is 3.12. The van der Waals surface area contributed by atoms with Gasteiger partial charge in [-0.1, -0.05) is 0 Å². The predicted molar refractivity (Wildman–Crippen MR) is 58.4 cm³/mol. The van der Waals surface area contributed by atoms with Crippen LogP contribution in [0.25, 0.3) is 0 Å². The van der Waals surface area contributed by atoms with Gasteiger partial charge in [-0.3, -0.25) is 4.55 Å². The lowest BCUT2D eigenvalue weighted by molar-refractivity contribution is -0.0462. The first-order valence-corrected chi connectivity index (χ1v) is 8.33. The van der Waals surface area contributed by atoms with Crippen LogP contribution in [0.1, 0.15) is 12.8 Å². The number of sulfone groups is 1. The molecule has 2 amide bonds. The fraction of sp³-hybridized carbons (Fsp3) is 0.857. The molecule has 9 nitrogen and oxygen atoms in total. The summed E-state index contributed by atoms with van der Waals surface area (Å²) in [6.07, 6.45) is -0.749. The number of hydroxylamine groups is 2. The number of carbonyl (C=O) groups is 1. The number of piperidine rings is 1. The van der Waals surface area contributed by atoms with E-state index < -0.39 is 56.2 Å². The highest BCUT2D eigenvalue weighted by Gasteiger charge is 2.58. The van der Waals surface area contributed by atoms with Crippen molar-refractivity contribution in [2.45, 2.75) is 29.8 Å². The first-order chi connectivity index (χ1) is 9.34. The molecule has 0 aliphatic carbocycles. The average molecular weight is 354 g/mol. The van der Waals surface area contributed by atoms with Crippen molar-refractivity contribution in [2.75, 3.05) is 6.54 Å². The first-order valence-electron chi connectivity index (χ1n) is 5.41. The summed E-state index contributed by atoms with van der Waals surface area (Å²) in [5.41, 5.74) is -5.54. The number of halogens is 3. The second-order valence-corrected chi connectivity index (χ2v) is 7.54. The second-order valence-electron chi connectivity index (χ2n) is 4.44. The number of rotatable bonds is 3. The molecule has 0 aromatic rings. The summed E-state index contributed by atoms with van der Waals surface area (Å²) in [5, 5.41) is -1.97. The van der Waals surface area contributed by atoms with Crippen LogP contribution in [0.2, 0.25) is 0 Å². The lowest BCUT2D eigenvalue weighted by Gasteiger charge is -2.30. The zero-order valence-corrected chi connectivity index (χ0v) is 11.7. The molecule has 2 fully saturated rings. The van der Waals surface area contributed by atoms with Crippen LogP contribution in [-0.4, -0.2) is 60.9 Å². The van der Waals surface area contributed by atoms with Crippen molar-refractivity contribution in [3.63, 3.8) is 0 Å². The summed E-state index contributed by atoms with van der Waals surface area (Å²) in [4.78, 5) is 12.1. The number of urea groups is 1. The van der Waals surface area contributed by atoms with Gasteiger partial charge in [0.25, 0.3) is 9.84 Å². The van der Waals surface area contributed by atoms with Gasteiger partial charge in [0.15, 0.2) is 0 Å². The Bertz CT molecular complexity index is 658. The van der Waals surface area contributed by atoms with E-state index in [-0.39, 0.29) is 11.5 Å². The van der Waals surface area contributed by atoms with Crippen LogP contribution in [0.3, 0.4) is 0 Å². The summed E-state index contributed by atoms with van der Waals surface area (Å²) in [6.45, 7) is -0.450. The van der Waals surface area contributed by atoms with Gasteiger partial charge < -0.3 is 4.90 Å². The fourth-order valence-electron chi connectivity index (χ4n) is 2.27. The third kappa shape index (κ3) is 2.79. The highest BCUT2D eigenvalue weighted by molar-refractivity contribution is 7.92. The average Bonchev–Trinajstić information content (AvgIpc) is 2.51. The first kappa shape index (κ1) is 16.3. The molecule has 0 aromatic carbocycles. The molecule has 122 valence electrons. The Labute approximate surface area is 117 Å². The Kier molecular flexibility index (Phi) is 3.63. The van der Waals surface area contributed by atoms with Crippen molar-refractivity contribution in [1.82, 2.24) is 9.96 Å². The van der Waals surface area contributed by atoms with E-state index in [0.29, 0.717) is 4.90 Å². The Hall–Kier alpha value is -1.12. The monoisotopic (exact) mass is 354 g/mol. The summed E-state index contributed by atoms with van der Waals surface area (Å²) >= 11 is 0. The maximum Gasteiger partial charge on any atom is 0.499 e. The smallest absolute Gasteiger partial charge is 0.303 e. The van der Waals surface area contributed by atoms with Crippen LogP contribution in [0, 0.1) is 0 Å². The Morgan fingerprint density at radius 2 is 1.76 bits per heavy atom. The van der Waals surface area contributed by atoms with Crippen molar-refractivity contribution in [3.05, 3.63) is 0 Å². The molecular weight excluding hydrogens is 345 g/mol. The predicted octanol–water partition coefficient (Wildman–Crippen LogP) is -0.118. The number of amides is 2. The Morgan fingerprint density at radius 3 is 2.24 bits per heavy atom. The van der Waals surface area contributed by atoms with E-state index in [2.05, 4.69) is 4.28 Å². The van der Waals surface area contributed by atoms with Crippen LogP contribution in [0.5, 0.6) is 0 Å². The van der Waals surface area contributed by atoms with E-state index >= 15 is 0 Å². The molecule has 21 heavy (non-hydrogen) atoms. The van der Waals surface area contributed by atoms with Gasteiger partial charge in [0.1, 0.15) is 5.37 Å². The fourth-order valence-corrected chi connectivity index (χ4v) is 3.93. The summed E-state index contributed by atoms with van der Waals surface area (Å²) in [7, 11) is -10.7. The van der Waals surface area contributed by atoms with Gasteiger partial charge in [0.05, 0.1) is 6.04 Å². The SMILES string of the molecule is O=C1N2C[C@@H](CC[C@H]2S(=O)(=O)C(F)(F)F)N1OS(=O)(=O)O. The standard InChI is InChI=1S/C7H9F3N2O7S2/c8-7(9,10)20(14,15)5-2-1-4-3-11(5)6(13)12(4)19-21(16,17)18/h4-5H,1-3H2,(H,16,17,18)/t4-,5-/m1/s1. The molecule has 0 unspecified atom stereocenters. The summed E-state index contributed by atoms with van der Waals surface area (Å²) < 4.78 is 94.0. The van der Waals surface area contributed by atoms with Crippen LogP contribution >= 0.6 is 0 Å². The highest BCUT2D eigenvalue weighted by Crippen LogP contribution is 2.38. The van der Waals surface area contributed by atoms with Gasteiger partial charge >= 0.3 is 21.9 Å². The van der Waals surface area contributed by atoms with Crippen LogP contribution in [0.15, 0.2) is 0 Å². The molecule has 0 saturated carbocycles. The lowest BCUT2D eigenvalue weighted by Crippen LogP contribution is -2.49. The molecule has 0 spiro atoms. The molecule has 0 aromatic heterocycles. The van der Waals surface area contributed by atoms with Crippen molar-refractivity contribution in [3.8, 4) is 0 Å². The second kappa shape index (κ2) is 4.69. The Balaban J connectivity index is 2.30. The van der Waals surface area contributed by atoms with Gasteiger partial charge in [0, 0.05) is 6.54 Å². The molecule has 2 aliphatic rings. The Morgan fingerprint density at radius 1 is 1.19 bits per heavy atom. The highest BCUT2D eigenvalue weighted by atomic mass is 32.3. The number of alkyl halides is 3. The third-order valence-corrected chi connectivity index (χ3v) is 5.32. The number of hydrogen-bond donors (Lipinski definition) is 1. The van der Waals surface area contributed by atoms with E-state index in [1.807, 2.05) is 0 Å². The van der Waals surface area contributed by atoms with Gasteiger partial charge in [-0.2, -0.15) is 26.7 Å². The molecular formula is C7H9F3N2O7S2. The molecule has 1 N–H and O–H groups in total. The molecule has 14 heteroatoms. The zero-order chi connectivity index (χ0) is 16.2. The quantitative estimate of drug-likeness (QED) is 0.701. The lowest BCUT2D eigenvalue weighted by atomic mass is 10.1. The van der Waals surface area contributed by atoms with Crippen LogP contribution < -0.4 is 0 Å². The minimum Gasteiger partial charge on any atom is -0.303 e. The van der Waals surface area contributed by atoms with Crippen LogP contribution in [-0.2, 0) is 24.5 Å². The number of carbonyl (C=O) groups excluding carboxylic acids is 1. The molecule has 2 bridgehead atoms. The van der Waals surface area contributed by atoms with Gasteiger partial charge in [-0.05, 0) is 12.8 Å². The number of fused-ring (bicyclic) bond motifs is 2. The van der Waals surface area contributed by atoms with Gasteiger partial charge in [0.2, 0.25) is 0 Å². The molecule has 2 atom stereocenters. The number of hydrogen-bond acceptors (Lipinski definition) is 6. The van der Waals surface area contributed by atoms with Crippen molar-refractivity contribution in [1.29, 1.82) is 0 Å². The summed E-state index contributed by atoms with van der Waals surface area (Å²) in [5.74, 6) is 0. The molecule has 2 saturated heterocycles. The molecule has 2 rings (SSSR count). The van der Waals surface area contributed by atoms with Gasteiger partial charge in [-0.25, -0.2) is 13.2 Å². The normalized spacial score (nSPS) is 27.3. The van der Waals surface area contributed by atoms with E-state index in [9.17, 15) is 34.8 Å². The largest absolute Gasteiger partial charge is 0.499 e. The minimum absolute atomic E-state index is 0.168. The topological polar surface area (TPSA) is 121 Å². The van der Waals surface area contributed by atoms with E-state index in [0.717, 1.165) is 0 Å². The van der Waals surface area contributed by atoms with Crippen molar-refractivity contribution >= 4 is 26.3 Å². The van der Waals surface area contributed by atoms with E-state index in [1.165, 1.54) is 0 Å². The van der Waals surface area contributed by atoms with Crippen molar-refractivity contribution in [2.24, 2.45) is 0 Å². The molecule has 2 aliphatic heterocycles. The van der Waals surface area contributed by atoms with Gasteiger partial charge in [-0.15, -0.1) is 4.28 Å². The van der Waals surface area contributed by atoms with Crippen molar-refractivity contribution < 1.29 is 43.6 Å². The summed E-state index contributed by atoms with van der Waals surface area (Å²) in [6, 6.07) is -2.33. The minimum atomic E-state index is -5.62. The van der Waals surface area contributed by atoms with Crippen LogP contribution in [0.4, 0.5) is 18.0 Å². The van der Waals surface area contributed by atoms with E-state index in [1.54, 1.807) is 0 Å². The molecule has 2 heterocycles. The maximum absolute atomic E-state index is 12.5.